The molecule has 4 rings (SSSR count). The lowest BCUT2D eigenvalue weighted by Gasteiger charge is -2.21. The van der Waals surface area contributed by atoms with E-state index in [2.05, 4.69) is 31.4 Å². The summed E-state index contributed by atoms with van der Waals surface area (Å²) in [7, 11) is 0. The second-order valence-corrected chi connectivity index (χ2v) is 9.74. The standard InChI is InChI=1S/C31H30N2O4/c1-21-17-19-23(20-18-21)32-30(35)33-26-15-10-13-24(22-11-6-5-7-12-22)28(26)29(34)37-36-27-16-9-8-14-25(27)31(2,3)4/h5-20H,1-4H3,(H2,32,33,35). The summed E-state index contributed by atoms with van der Waals surface area (Å²) in [6, 6.07) is 29.0. The highest BCUT2D eigenvalue weighted by Gasteiger charge is 2.24. The molecule has 0 unspecified atom stereocenters. The van der Waals surface area contributed by atoms with Crippen molar-refractivity contribution in [3.8, 4) is 16.9 Å². The van der Waals surface area contributed by atoms with E-state index >= 15 is 0 Å². The molecule has 0 spiro atoms. The monoisotopic (exact) mass is 494 g/mol. The molecule has 2 N–H and O–H groups in total. The fraction of sp³-hybridized carbons (Fsp3) is 0.161. The molecular weight excluding hydrogens is 464 g/mol. The SMILES string of the molecule is Cc1ccc(NC(=O)Nc2cccc(-c3ccccc3)c2C(=O)OOc2ccccc2C(C)(C)C)cc1. The number of aryl methyl sites for hydroxylation is 1. The number of hydrogen-bond donors (Lipinski definition) is 2. The van der Waals surface area contributed by atoms with Crippen LogP contribution in [0.25, 0.3) is 11.1 Å². The third-order valence-corrected chi connectivity index (χ3v) is 5.81. The number of hydrogen-bond acceptors (Lipinski definition) is 4. The van der Waals surface area contributed by atoms with Crippen LogP contribution in [0.4, 0.5) is 16.2 Å². The minimum atomic E-state index is -0.728. The molecule has 0 saturated heterocycles. The maximum atomic E-state index is 13.5. The molecule has 0 bridgehead atoms. The van der Waals surface area contributed by atoms with Crippen LogP contribution >= 0.6 is 0 Å². The lowest BCUT2D eigenvalue weighted by Crippen LogP contribution is -2.22. The third kappa shape index (κ3) is 6.35. The van der Waals surface area contributed by atoms with E-state index in [4.69, 9.17) is 9.78 Å². The zero-order valence-corrected chi connectivity index (χ0v) is 21.4. The molecule has 0 aliphatic carbocycles. The Labute approximate surface area is 217 Å². The Balaban J connectivity index is 1.64. The van der Waals surface area contributed by atoms with E-state index in [0.29, 0.717) is 22.7 Å². The lowest BCUT2D eigenvalue weighted by atomic mass is 9.86. The molecule has 188 valence electrons. The predicted molar refractivity (Wildman–Crippen MR) is 147 cm³/mol. The van der Waals surface area contributed by atoms with Crippen molar-refractivity contribution in [3.63, 3.8) is 0 Å². The van der Waals surface area contributed by atoms with Crippen molar-refractivity contribution in [1.82, 2.24) is 0 Å². The van der Waals surface area contributed by atoms with Gasteiger partial charge in [0.1, 0.15) is 0 Å². The Morgan fingerprint density at radius 1 is 0.730 bits per heavy atom. The van der Waals surface area contributed by atoms with E-state index in [-0.39, 0.29) is 11.0 Å². The van der Waals surface area contributed by atoms with Gasteiger partial charge in [-0.15, -0.1) is 0 Å². The first kappa shape index (κ1) is 25.5. The highest BCUT2D eigenvalue weighted by molar-refractivity contribution is 6.08. The van der Waals surface area contributed by atoms with E-state index in [1.807, 2.05) is 79.7 Å². The van der Waals surface area contributed by atoms with Crippen LogP contribution in [0.15, 0.2) is 97.1 Å². The molecule has 0 aliphatic rings. The van der Waals surface area contributed by atoms with Gasteiger partial charge in [0, 0.05) is 11.3 Å². The molecule has 2 amide bonds. The van der Waals surface area contributed by atoms with Crippen LogP contribution in [0.2, 0.25) is 0 Å². The minimum absolute atomic E-state index is 0.181. The van der Waals surface area contributed by atoms with Crippen LogP contribution in [-0.2, 0) is 10.3 Å². The number of carbonyl (C=O) groups is 2. The Morgan fingerprint density at radius 3 is 2.11 bits per heavy atom. The molecule has 0 atom stereocenters. The summed E-state index contributed by atoms with van der Waals surface area (Å²) in [6.07, 6.45) is 0. The number of carbonyl (C=O) groups excluding carboxylic acids is 2. The van der Waals surface area contributed by atoms with Crippen LogP contribution < -0.4 is 15.5 Å². The van der Waals surface area contributed by atoms with Gasteiger partial charge in [-0.3, -0.25) is 4.89 Å². The summed E-state index contributed by atoms with van der Waals surface area (Å²) in [5, 5.41) is 5.58. The van der Waals surface area contributed by atoms with Gasteiger partial charge in [-0.2, -0.15) is 0 Å². The van der Waals surface area contributed by atoms with E-state index in [9.17, 15) is 9.59 Å². The Kier molecular flexibility index (Phi) is 7.58. The van der Waals surface area contributed by atoms with Crippen molar-refractivity contribution in [2.45, 2.75) is 33.1 Å². The van der Waals surface area contributed by atoms with Gasteiger partial charge in [0.05, 0.1) is 11.3 Å². The van der Waals surface area contributed by atoms with Crippen molar-refractivity contribution < 1.29 is 19.4 Å². The van der Waals surface area contributed by atoms with Gasteiger partial charge < -0.3 is 10.6 Å². The number of benzene rings is 4. The zero-order valence-electron chi connectivity index (χ0n) is 21.4. The number of rotatable bonds is 6. The van der Waals surface area contributed by atoms with E-state index in [1.165, 1.54) is 0 Å². The Bertz CT molecular complexity index is 1390. The highest BCUT2D eigenvalue weighted by Crippen LogP contribution is 2.33. The van der Waals surface area contributed by atoms with Crippen LogP contribution in [0.5, 0.6) is 5.75 Å². The van der Waals surface area contributed by atoms with E-state index in [1.54, 1.807) is 24.3 Å². The molecule has 6 nitrogen and oxygen atoms in total. The molecule has 0 aromatic heterocycles. The summed E-state index contributed by atoms with van der Waals surface area (Å²) < 4.78 is 0. The summed E-state index contributed by atoms with van der Waals surface area (Å²) in [6.45, 7) is 8.13. The smallest absolute Gasteiger partial charge is 0.308 e. The molecule has 0 heterocycles. The van der Waals surface area contributed by atoms with Gasteiger partial charge in [-0.05, 0) is 47.7 Å². The molecule has 37 heavy (non-hydrogen) atoms. The van der Waals surface area contributed by atoms with Crippen molar-refractivity contribution in [2.24, 2.45) is 0 Å². The second-order valence-electron chi connectivity index (χ2n) is 9.74. The van der Waals surface area contributed by atoms with Gasteiger partial charge in [-0.25, -0.2) is 14.5 Å². The van der Waals surface area contributed by atoms with Crippen LogP contribution in [0, 0.1) is 6.92 Å². The number of amides is 2. The van der Waals surface area contributed by atoms with Gasteiger partial charge in [0.15, 0.2) is 5.75 Å². The topological polar surface area (TPSA) is 76.7 Å². The number of para-hydroxylation sites is 1. The Morgan fingerprint density at radius 2 is 1.41 bits per heavy atom. The number of nitrogens with one attached hydrogen (secondary N) is 2. The molecule has 0 fully saturated rings. The minimum Gasteiger partial charge on any atom is -0.308 e. The van der Waals surface area contributed by atoms with Gasteiger partial charge in [-0.1, -0.05) is 99.1 Å². The van der Waals surface area contributed by atoms with Crippen LogP contribution in [-0.4, -0.2) is 12.0 Å². The van der Waals surface area contributed by atoms with Crippen LogP contribution in [0.1, 0.15) is 42.3 Å². The summed E-state index contributed by atoms with van der Waals surface area (Å²) in [5.41, 5.74) is 4.28. The van der Waals surface area contributed by atoms with Gasteiger partial charge in [0.2, 0.25) is 0 Å². The molecule has 0 aliphatic heterocycles. The maximum Gasteiger partial charge on any atom is 0.388 e. The van der Waals surface area contributed by atoms with Gasteiger partial charge in [0.25, 0.3) is 0 Å². The third-order valence-electron chi connectivity index (χ3n) is 5.81. The fourth-order valence-electron chi connectivity index (χ4n) is 3.94. The first-order valence-electron chi connectivity index (χ1n) is 12.0. The van der Waals surface area contributed by atoms with E-state index in [0.717, 1.165) is 16.7 Å². The average Bonchev–Trinajstić information content (AvgIpc) is 2.88. The number of urea groups is 1. The fourth-order valence-corrected chi connectivity index (χ4v) is 3.94. The highest BCUT2D eigenvalue weighted by atomic mass is 17.2. The number of anilines is 2. The van der Waals surface area contributed by atoms with Crippen molar-refractivity contribution in [1.29, 1.82) is 0 Å². The summed E-state index contributed by atoms with van der Waals surface area (Å²) >= 11 is 0. The van der Waals surface area contributed by atoms with Crippen molar-refractivity contribution >= 4 is 23.4 Å². The normalized spacial score (nSPS) is 10.9. The van der Waals surface area contributed by atoms with Gasteiger partial charge >= 0.3 is 12.0 Å². The maximum absolute atomic E-state index is 13.5. The lowest BCUT2D eigenvalue weighted by molar-refractivity contribution is -0.150. The molecule has 4 aromatic rings. The first-order valence-corrected chi connectivity index (χ1v) is 12.0. The van der Waals surface area contributed by atoms with Crippen molar-refractivity contribution in [3.05, 3.63) is 114 Å². The first-order chi connectivity index (χ1) is 17.7. The van der Waals surface area contributed by atoms with E-state index < -0.39 is 12.0 Å². The quantitative estimate of drug-likeness (QED) is 0.212. The largest absolute Gasteiger partial charge is 0.388 e. The van der Waals surface area contributed by atoms with Crippen LogP contribution in [0.3, 0.4) is 0 Å². The predicted octanol–water partition coefficient (Wildman–Crippen LogP) is 7.75. The molecule has 4 aromatic carbocycles. The zero-order chi connectivity index (χ0) is 26.4. The average molecular weight is 495 g/mol. The summed E-state index contributed by atoms with van der Waals surface area (Å²) in [5.74, 6) is -0.277. The van der Waals surface area contributed by atoms with Crippen molar-refractivity contribution in [2.75, 3.05) is 10.6 Å². The Hall–Kier alpha value is -4.58. The molecular formula is C31H30N2O4. The molecule has 0 radical (unpaired) electrons. The molecule has 0 saturated carbocycles. The molecule has 6 heteroatoms. The summed E-state index contributed by atoms with van der Waals surface area (Å²) in [4.78, 5) is 37.2. The second kappa shape index (κ2) is 11.0.